The molecule has 3 aliphatic rings. The molecular formula is C29H41ClN2O4. The minimum atomic E-state index is -0.810. The molecule has 36 heavy (non-hydrogen) atoms. The van der Waals surface area contributed by atoms with E-state index in [9.17, 15) is 14.7 Å². The van der Waals surface area contributed by atoms with E-state index in [4.69, 9.17) is 16.3 Å². The van der Waals surface area contributed by atoms with Crippen molar-refractivity contribution in [3.8, 4) is 0 Å². The number of rotatable bonds is 7. The zero-order valence-electron chi connectivity index (χ0n) is 22.5. The molecule has 2 N–H and O–H groups in total. The van der Waals surface area contributed by atoms with Crippen LogP contribution in [-0.2, 0) is 21.5 Å². The average molecular weight is 517 g/mol. The van der Waals surface area contributed by atoms with Crippen molar-refractivity contribution in [2.75, 3.05) is 13.2 Å². The first-order chi connectivity index (χ1) is 16.7. The number of urea groups is 1. The van der Waals surface area contributed by atoms with Crippen molar-refractivity contribution in [1.29, 1.82) is 0 Å². The fourth-order valence-corrected chi connectivity index (χ4v) is 5.86. The smallest absolute Gasteiger partial charge is 0.322 e. The zero-order valence-corrected chi connectivity index (χ0v) is 23.3. The molecular weight excluding hydrogens is 476 g/mol. The summed E-state index contributed by atoms with van der Waals surface area (Å²) in [6, 6.07) is 5.88. The van der Waals surface area contributed by atoms with Crippen molar-refractivity contribution in [3.63, 3.8) is 0 Å². The minimum Gasteiger partial charge on any atom is -0.481 e. The van der Waals surface area contributed by atoms with Gasteiger partial charge in [0.25, 0.3) is 0 Å². The highest BCUT2D eigenvalue weighted by Gasteiger charge is 2.53. The highest BCUT2D eigenvalue weighted by Crippen LogP contribution is 2.48. The maximum Gasteiger partial charge on any atom is 0.322 e. The molecule has 7 heteroatoms. The lowest BCUT2D eigenvalue weighted by molar-refractivity contribution is -0.155. The molecule has 1 saturated heterocycles. The number of nitrogens with one attached hydrogen (secondary N) is 1. The van der Waals surface area contributed by atoms with Crippen LogP contribution in [0.25, 0.3) is 0 Å². The van der Waals surface area contributed by atoms with E-state index in [1.165, 1.54) is 0 Å². The number of carboxylic acids is 1. The first-order valence-electron chi connectivity index (χ1n) is 13.2. The third-order valence-electron chi connectivity index (χ3n) is 8.82. The van der Waals surface area contributed by atoms with Crippen LogP contribution in [0.5, 0.6) is 0 Å². The summed E-state index contributed by atoms with van der Waals surface area (Å²) >= 11 is 6.78. The molecule has 1 aromatic rings. The minimum absolute atomic E-state index is 0.0193. The molecule has 2 fully saturated rings. The standard InChI is InChI=1S/C29H41ClN2O4/c1-19-22-17-32(15-14-28(24(33)34)11-7-12-28)25(35)31-29(22,18-36-27(19,5)6)21-9-8-20(23(30)16-21)10-13-26(2,3)4/h8-9,16-17,19H,7,10-15,18H2,1-6H3,(H,31,35)(H,33,34)/t19?,29-/m0/s1. The third kappa shape index (κ3) is 4.91. The number of carboxylic acid groups (broad SMARTS) is 1. The van der Waals surface area contributed by atoms with Gasteiger partial charge in [0.05, 0.1) is 17.6 Å². The Kier molecular flexibility index (Phi) is 7.02. The molecule has 1 saturated carbocycles. The Labute approximate surface area is 220 Å². The molecule has 2 amide bonds. The van der Waals surface area contributed by atoms with Crippen LogP contribution in [0.15, 0.2) is 30.0 Å². The van der Waals surface area contributed by atoms with Gasteiger partial charge in [0.15, 0.2) is 0 Å². The van der Waals surface area contributed by atoms with Gasteiger partial charge in [-0.3, -0.25) is 4.79 Å². The van der Waals surface area contributed by atoms with Crippen molar-refractivity contribution < 1.29 is 19.4 Å². The molecule has 1 aliphatic carbocycles. The van der Waals surface area contributed by atoms with E-state index in [-0.39, 0.29) is 17.4 Å². The maximum absolute atomic E-state index is 13.4. The number of ether oxygens (including phenoxy) is 1. The zero-order chi connectivity index (χ0) is 26.5. The Hall–Kier alpha value is -2.05. The molecule has 1 aromatic carbocycles. The lowest BCUT2D eigenvalue weighted by Gasteiger charge is -2.53. The Morgan fingerprint density at radius 3 is 2.53 bits per heavy atom. The van der Waals surface area contributed by atoms with Gasteiger partial charge in [0.1, 0.15) is 5.54 Å². The van der Waals surface area contributed by atoms with Crippen LogP contribution in [0.1, 0.15) is 84.8 Å². The summed E-state index contributed by atoms with van der Waals surface area (Å²) in [6.07, 6.45) is 6.60. The van der Waals surface area contributed by atoms with E-state index in [1.54, 1.807) is 4.90 Å². The van der Waals surface area contributed by atoms with E-state index in [0.29, 0.717) is 37.4 Å². The lowest BCUT2D eigenvalue weighted by Crippen LogP contribution is -2.64. The molecule has 4 rings (SSSR count). The SMILES string of the molecule is CC1C2=CN(CCC3(C(=O)O)CCC3)C(=O)N[C@]2(c2ccc(CCC(C)(C)C)c(Cl)c2)COC1(C)C. The van der Waals surface area contributed by atoms with Gasteiger partial charge >= 0.3 is 12.0 Å². The van der Waals surface area contributed by atoms with Gasteiger partial charge < -0.3 is 20.1 Å². The van der Waals surface area contributed by atoms with Crippen molar-refractivity contribution in [2.24, 2.45) is 16.7 Å². The normalized spacial score (nSPS) is 27.0. The van der Waals surface area contributed by atoms with Gasteiger partial charge in [-0.1, -0.05) is 57.8 Å². The fraction of sp³-hybridized carbons (Fsp3) is 0.655. The molecule has 1 unspecified atom stereocenters. The molecule has 0 bridgehead atoms. The lowest BCUT2D eigenvalue weighted by atomic mass is 9.66. The first-order valence-corrected chi connectivity index (χ1v) is 13.5. The van der Waals surface area contributed by atoms with E-state index in [0.717, 1.165) is 36.0 Å². The van der Waals surface area contributed by atoms with E-state index in [2.05, 4.69) is 59.0 Å². The molecule has 198 valence electrons. The highest BCUT2D eigenvalue weighted by atomic mass is 35.5. The van der Waals surface area contributed by atoms with E-state index in [1.807, 2.05) is 12.3 Å². The average Bonchev–Trinajstić information content (AvgIpc) is 2.75. The Balaban J connectivity index is 1.66. The molecule has 2 heterocycles. The number of aliphatic carboxylic acids is 1. The number of aryl methyl sites for hydroxylation is 1. The summed E-state index contributed by atoms with van der Waals surface area (Å²) in [6.45, 7) is 13.6. The quantitative estimate of drug-likeness (QED) is 0.432. The van der Waals surface area contributed by atoms with Crippen molar-refractivity contribution in [2.45, 2.75) is 91.2 Å². The summed E-state index contributed by atoms with van der Waals surface area (Å²) < 4.78 is 6.33. The van der Waals surface area contributed by atoms with Crippen LogP contribution >= 0.6 is 11.6 Å². The second kappa shape index (κ2) is 9.36. The van der Waals surface area contributed by atoms with Crippen LogP contribution in [0.3, 0.4) is 0 Å². The molecule has 2 aliphatic heterocycles. The number of amides is 2. The van der Waals surface area contributed by atoms with Crippen LogP contribution in [-0.4, -0.2) is 40.8 Å². The summed E-state index contributed by atoms with van der Waals surface area (Å²) in [7, 11) is 0. The van der Waals surface area contributed by atoms with Gasteiger partial charge in [-0.25, -0.2) is 4.79 Å². The summed E-state index contributed by atoms with van der Waals surface area (Å²) in [5.74, 6) is -0.735. The number of hydrogen-bond donors (Lipinski definition) is 2. The van der Waals surface area contributed by atoms with Gasteiger partial charge in [-0.2, -0.15) is 0 Å². The summed E-state index contributed by atoms with van der Waals surface area (Å²) in [5.41, 5.74) is 1.37. The molecule has 6 nitrogen and oxygen atoms in total. The number of carbonyl (C=O) groups is 2. The molecule has 0 spiro atoms. The Morgan fingerprint density at radius 1 is 1.28 bits per heavy atom. The second-order valence-electron chi connectivity index (χ2n) is 12.8. The Morgan fingerprint density at radius 2 is 1.97 bits per heavy atom. The van der Waals surface area contributed by atoms with Gasteiger partial charge in [-0.05, 0) is 74.1 Å². The molecule has 0 radical (unpaired) electrons. The number of hydrogen-bond acceptors (Lipinski definition) is 3. The van der Waals surface area contributed by atoms with Crippen molar-refractivity contribution in [1.82, 2.24) is 10.2 Å². The Bertz CT molecular complexity index is 1070. The number of nitrogens with zero attached hydrogens (tertiary/aromatic N) is 1. The van der Waals surface area contributed by atoms with Gasteiger partial charge in [-0.15, -0.1) is 0 Å². The number of carbonyl (C=O) groups excluding carboxylic acids is 1. The predicted octanol–water partition coefficient (Wildman–Crippen LogP) is 6.51. The van der Waals surface area contributed by atoms with Gasteiger partial charge in [0.2, 0.25) is 0 Å². The third-order valence-corrected chi connectivity index (χ3v) is 9.18. The van der Waals surface area contributed by atoms with Crippen LogP contribution in [0.4, 0.5) is 4.79 Å². The topological polar surface area (TPSA) is 78.9 Å². The van der Waals surface area contributed by atoms with Crippen LogP contribution < -0.4 is 5.32 Å². The summed E-state index contributed by atoms with van der Waals surface area (Å²) in [5, 5.41) is 13.7. The summed E-state index contributed by atoms with van der Waals surface area (Å²) in [4.78, 5) is 26.9. The predicted molar refractivity (Wildman–Crippen MR) is 142 cm³/mol. The van der Waals surface area contributed by atoms with E-state index >= 15 is 0 Å². The van der Waals surface area contributed by atoms with Gasteiger partial charge in [0, 0.05) is 23.7 Å². The maximum atomic E-state index is 13.4. The fourth-order valence-electron chi connectivity index (χ4n) is 5.58. The molecule has 2 atom stereocenters. The number of benzene rings is 1. The van der Waals surface area contributed by atoms with Crippen molar-refractivity contribution in [3.05, 3.63) is 46.1 Å². The number of halogens is 1. The van der Waals surface area contributed by atoms with Crippen molar-refractivity contribution >= 4 is 23.6 Å². The largest absolute Gasteiger partial charge is 0.481 e. The highest BCUT2D eigenvalue weighted by molar-refractivity contribution is 6.31. The number of fused-ring (bicyclic) bond motifs is 1. The van der Waals surface area contributed by atoms with E-state index < -0.39 is 22.5 Å². The monoisotopic (exact) mass is 516 g/mol. The second-order valence-corrected chi connectivity index (χ2v) is 13.2. The first kappa shape index (κ1) is 27.0. The van der Waals surface area contributed by atoms with Crippen LogP contribution in [0, 0.1) is 16.7 Å². The molecule has 0 aromatic heterocycles. The van der Waals surface area contributed by atoms with Crippen LogP contribution in [0.2, 0.25) is 5.02 Å².